The molecular weight excluding hydrogens is 720 g/mol. The third-order valence-electron chi connectivity index (χ3n) is 8.87. The second-order valence-corrected chi connectivity index (χ2v) is 12.5. The van der Waals surface area contributed by atoms with E-state index in [1.165, 1.54) is 48.5 Å². The van der Waals surface area contributed by atoms with E-state index in [4.69, 9.17) is 33.2 Å². The monoisotopic (exact) mass is 758 g/mol. The van der Waals surface area contributed by atoms with Gasteiger partial charge in [-0.05, 0) is 48.5 Å². The number of hydrogen-bond acceptors (Lipinski definition) is 15. The van der Waals surface area contributed by atoms with Crippen molar-refractivity contribution in [3.8, 4) is 0 Å². The van der Waals surface area contributed by atoms with E-state index in [2.05, 4.69) is 0 Å². The molecule has 2 aliphatic rings. The molecule has 2 fully saturated rings. The second kappa shape index (κ2) is 18.2. The molecule has 0 spiro atoms. The minimum atomic E-state index is -1.95. The fraction of sp³-hybridized carbons (Fsp3) is 0.300. The Labute approximate surface area is 314 Å². The molecule has 2 heterocycles. The maximum absolute atomic E-state index is 13.8. The highest BCUT2D eigenvalue weighted by Gasteiger charge is 2.56. The van der Waals surface area contributed by atoms with Gasteiger partial charge in [0.2, 0.25) is 0 Å². The van der Waals surface area contributed by atoms with Gasteiger partial charge in [0.1, 0.15) is 37.1 Å². The Morgan fingerprint density at radius 3 is 1.36 bits per heavy atom. The number of esters is 4. The molecule has 55 heavy (non-hydrogen) atoms. The average Bonchev–Trinajstić information content (AvgIpc) is 3.22. The number of carbonyl (C=O) groups excluding carboxylic acids is 4. The SMILES string of the molecule is O=C(OC[C@H]1O[C@@H](O[C@@H]2[C@@H](O)[C@H](O)O[C@H](CO)[C@@H]2O)[C@H](OC(=O)c2ccccc2)[C@@H](OC(=O)c2ccccc2)[C@H]1OC(=O)c1ccccc1)c1ccccc1. The number of carbonyl (C=O) groups is 4. The van der Waals surface area contributed by atoms with Crippen molar-refractivity contribution in [3.05, 3.63) is 144 Å². The van der Waals surface area contributed by atoms with Crippen LogP contribution in [0, 0.1) is 0 Å². The van der Waals surface area contributed by atoms with Crippen LogP contribution in [0.5, 0.6) is 0 Å². The summed E-state index contributed by atoms with van der Waals surface area (Å²) in [6.07, 6.45) is -17.6. The molecule has 4 aromatic carbocycles. The molecule has 0 bridgehead atoms. The average molecular weight is 759 g/mol. The molecule has 0 radical (unpaired) electrons. The predicted molar refractivity (Wildman–Crippen MR) is 187 cm³/mol. The maximum atomic E-state index is 13.8. The Kier molecular flexibility index (Phi) is 13.0. The van der Waals surface area contributed by atoms with Crippen LogP contribution in [-0.2, 0) is 33.2 Å². The maximum Gasteiger partial charge on any atom is 0.338 e. The van der Waals surface area contributed by atoms with Crippen molar-refractivity contribution in [3.63, 3.8) is 0 Å². The van der Waals surface area contributed by atoms with E-state index in [1.54, 1.807) is 72.8 Å². The van der Waals surface area contributed by atoms with Gasteiger partial charge >= 0.3 is 23.9 Å². The first kappa shape index (κ1) is 39.2. The van der Waals surface area contributed by atoms with Gasteiger partial charge < -0.3 is 53.6 Å². The van der Waals surface area contributed by atoms with Crippen LogP contribution in [0.15, 0.2) is 121 Å². The quantitative estimate of drug-likeness (QED) is 0.120. The van der Waals surface area contributed by atoms with E-state index in [1.807, 2.05) is 0 Å². The van der Waals surface area contributed by atoms with E-state index < -0.39 is 98.5 Å². The summed E-state index contributed by atoms with van der Waals surface area (Å²) in [5, 5.41) is 42.2. The topological polar surface area (TPSA) is 214 Å². The van der Waals surface area contributed by atoms with Crippen LogP contribution in [0.1, 0.15) is 41.4 Å². The van der Waals surface area contributed by atoms with Crippen molar-refractivity contribution in [1.29, 1.82) is 0 Å². The van der Waals surface area contributed by atoms with Gasteiger partial charge in [-0.1, -0.05) is 72.8 Å². The first-order chi connectivity index (χ1) is 26.6. The van der Waals surface area contributed by atoms with Gasteiger partial charge in [-0.3, -0.25) is 0 Å². The normalized spacial score (nSPS) is 27.6. The molecule has 15 heteroatoms. The van der Waals surface area contributed by atoms with Crippen LogP contribution in [0.3, 0.4) is 0 Å². The zero-order valence-corrected chi connectivity index (χ0v) is 29.0. The number of ether oxygens (including phenoxy) is 7. The highest BCUT2D eigenvalue weighted by atomic mass is 16.7. The van der Waals surface area contributed by atoms with E-state index in [-0.39, 0.29) is 22.3 Å². The largest absolute Gasteiger partial charge is 0.459 e. The molecular formula is C40H38O15. The van der Waals surface area contributed by atoms with Gasteiger partial charge in [0, 0.05) is 0 Å². The summed E-state index contributed by atoms with van der Waals surface area (Å²) >= 11 is 0. The summed E-state index contributed by atoms with van der Waals surface area (Å²) in [5.41, 5.74) is 0.365. The Bertz CT molecular complexity index is 1880. The minimum Gasteiger partial charge on any atom is -0.459 e. The summed E-state index contributed by atoms with van der Waals surface area (Å²) in [5.74, 6) is -3.62. The minimum absolute atomic E-state index is 0.0491. The van der Waals surface area contributed by atoms with Gasteiger partial charge in [-0.25, -0.2) is 19.2 Å². The van der Waals surface area contributed by atoms with E-state index in [0.29, 0.717) is 0 Å². The summed E-state index contributed by atoms with van der Waals surface area (Å²) in [6, 6.07) is 31.2. The Balaban J connectivity index is 1.43. The van der Waals surface area contributed by atoms with Crippen LogP contribution in [0.2, 0.25) is 0 Å². The summed E-state index contributed by atoms with van der Waals surface area (Å²) in [7, 11) is 0. The fourth-order valence-electron chi connectivity index (χ4n) is 6.02. The van der Waals surface area contributed by atoms with Gasteiger partial charge in [0.05, 0.1) is 28.9 Å². The summed E-state index contributed by atoms with van der Waals surface area (Å²) < 4.78 is 40.9. The van der Waals surface area contributed by atoms with Gasteiger partial charge in [-0.2, -0.15) is 0 Å². The predicted octanol–water partition coefficient (Wildman–Crippen LogP) is 2.06. The Hall–Kier alpha value is -5.52. The lowest BCUT2D eigenvalue weighted by Crippen LogP contribution is -2.66. The highest BCUT2D eigenvalue weighted by molar-refractivity contribution is 5.91. The lowest BCUT2D eigenvalue weighted by atomic mass is 9.96. The van der Waals surface area contributed by atoms with Crippen molar-refractivity contribution in [1.82, 2.24) is 0 Å². The molecule has 4 N–H and O–H groups in total. The van der Waals surface area contributed by atoms with Crippen LogP contribution in [-0.4, -0.2) is 119 Å². The third-order valence-corrected chi connectivity index (χ3v) is 8.87. The lowest BCUT2D eigenvalue weighted by Gasteiger charge is -2.47. The van der Waals surface area contributed by atoms with Crippen molar-refractivity contribution < 1.29 is 72.8 Å². The molecule has 0 unspecified atom stereocenters. The number of benzene rings is 4. The van der Waals surface area contributed by atoms with Crippen LogP contribution in [0.25, 0.3) is 0 Å². The zero-order valence-electron chi connectivity index (χ0n) is 29.0. The summed E-state index contributed by atoms with van der Waals surface area (Å²) in [6.45, 7) is -1.45. The third kappa shape index (κ3) is 9.41. The van der Waals surface area contributed by atoms with Crippen molar-refractivity contribution in [2.75, 3.05) is 13.2 Å². The standard InChI is InChI=1S/C40H38O15/c41-21-27-29(42)32(30(43)39(48)50-27)55-40-34(54-38(47)26-19-11-4-12-20-26)33(53-37(46)25-17-9-3-10-18-25)31(52-36(45)24-15-7-2-8-16-24)28(51-40)22-49-35(44)23-13-5-1-6-14-23/h1-20,27-34,39-43,48H,21-22H2/t27-,28-,29+,30-,31+,32+,33+,34-,39-,40+/m1/s1. The van der Waals surface area contributed by atoms with Crippen LogP contribution in [0.4, 0.5) is 0 Å². The van der Waals surface area contributed by atoms with E-state index >= 15 is 0 Å². The first-order valence-electron chi connectivity index (χ1n) is 17.3. The summed E-state index contributed by atoms with van der Waals surface area (Å²) in [4.78, 5) is 54.3. The first-order valence-corrected chi connectivity index (χ1v) is 17.3. The highest BCUT2D eigenvalue weighted by Crippen LogP contribution is 2.34. The number of aliphatic hydroxyl groups excluding tert-OH is 4. The smallest absolute Gasteiger partial charge is 0.338 e. The molecule has 0 saturated carbocycles. The van der Waals surface area contributed by atoms with E-state index in [0.717, 1.165) is 0 Å². The molecule has 2 aliphatic heterocycles. The number of aliphatic hydroxyl groups is 4. The Morgan fingerprint density at radius 2 is 0.909 bits per heavy atom. The molecule has 10 atom stereocenters. The molecule has 0 aromatic heterocycles. The zero-order chi connectivity index (χ0) is 38.9. The molecule has 0 aliphatic carbocycles. The Morgan fingerprint density at radius 1 is 0.491 bits per heavy atom. The van der Waals surface area contributed by atoms with Gasteiger partial charge in [-0.15, -0.1) is 0 Å². The van der Waals surface area contributed by atoms with E-state index in [9.17, 15) is 39.6 Å². The van der Waals surface area contributed by atoms with Gasteiger partial charge in [0.25, 0.3) is 0 Å². The van der Waals surface area contributed by atoms with Crippen molar-refractivity contribution >= 4 is 23.9 Å². The molecule has 6 rings (SSSR count). The lowest BCUT2D eigenvalue weighted by molar-refractivity contribution is -0.354. The number of rotatable bonds is 12. The van der Waals surface area contributed by atoms with Crippen LogP contribution < -0.4 is 0 Å². The van der Waals surface area contributed by atoms with Crippen molar-refractivity contribution in [2.24, 2.45) is 0 Å². The number of hydrogen-bond donors (Lipinski definition) is 4. The van der Waals surface area contributed by atoms with Crippen molar-refractivity contribution in [2.45, 2.75) is 61.4 Å². The molecule has 288 valence electrons. The molecule has 15 nitrogen and oxygen atoms in total. The fourth-order valence-corrected chi connectivity index (χ4v) is 6.02. The second-order valence-electron chi connectivity index (χ2n) is 12.5. The molecule has 4 aromatic rings. The molecule has 0 amide bonds. The molecule has 2 saturated heterocycles. The van der Waals surface area contributed by atoms with Crippen LogP contribution >= 0.6 is 0 Å². The van der Waals surface area contributed by atoms with Gasteiger partial charge in [0.15, 0.2) is 30.9 Å².